The van der Waals surface area contributed by atoms with Crippen LogP contribution in [0.3, 0.4) is 0 Å². The summed E-state index contributed by atoms with van der Waals surface area (Å²) in [7, 11) is 0. The third-order valence-electron chi connectivity index (χ3n) is 4.46. The fourth-order valence-electron chi connectivity index (χ4n) is 2.99. The molecule has 4 rings (SSSR count). The Hall–Kier alpha value is -3.32. The molecule has 0 saturated heterocycles. The van der Waals surface area contributed by atoms with E-state index < -0.39 is 0 Å². The first-order chi connectivity index (χ1) is 14.7. The van der Waals surface area contributed by atoms with Gasteiger partial charge in [-0.1, -0.05) is 24.3 Å². The Morgan fingerprint density at radius 3 is 2.83 bits per heavy atom. The van der Waals surface area contributed by atoms with Crippen LogP contribution in [-0.4, -0.2) is 24.1 Å². The van der Waals surface area contributed by atoms with Gasteiger partial charge < -0.3 is 19.5 Å². The highest BCUT2D eigenvalue weighted by Crippen LogP contribution is 2.33. The smallest absolute Gasteiger partial charge is 0.244 e. The Morgan fingerprint density at radius 2 is 2.03 bits per heavy atom. The second-order valence-corrected chi connectivity index (χ2v) is 7.77. The zero-order valence-electron chi connectivity index (χ0n) is 16.6. The van der Waals surface area contributed by atoms with Crippen molar-refractivity contribution in [1.29, 1.82) is 0 Å². The number of benzene rings is 2. The van der Waals surface area contributed by atoms with Crippen LogP contribution in [0.4, 0.5) is 0 Å². The van der Waals surface area contributed by atoms with Crippen LogP contribution in [0.2, 0.25) is 0 Å². The van der Waals surface area contributed by atoms with Crippen molar-refractivity contribution >= 4 is 23.3 Å². The summed E-state index contributed by atoms with van der Waals surface area (Å²) in [5.41, 5.74) is 2.73. The average Bonchev–Trinajstić information content (AvgIpc) is 3.20. The van der Waals surface area contributed by atoms with E-state index in [9.17, 15) is 4.79 Å². The third kappa shape index (κ3) is 5.18. The predicted octanol–water partition coefficient (Wildman–Crippen LogP) is 4.13. The number of nitrogens with zero attached hydrogens (tertiary/aromatic N) is 1. The van der Waals surface area contributed by atoms with Crippen molar-refractivity contribution in [3.63, 3.8) is 0 Å². The Bertz CT molecular complexity index is 1040. The van der Waals surface area contributed by atoms with Crippen LogP contribution in [0.1, 0.15) is 21.8 Å². The lowest BCUT2D eigenvalue weighted by atomic mass is 10.1. The minimum atomic E-state index is -0.177. The SMILES string of the molecule is Cc1nc(COc2ccc(/C=C/C(=O)NCc3cccc4c3OCCO4)cc2)cs1. The summed E-state index contributed by atoms with van der Waals surface area (Å²) in [6, 6.07) is 13.3. The van der Waals surface area contributed by atoms with Gasteiger partial charge in [-0.15, -0.1) is 11.3 Å². The van der Waals surface area contributed by atoms with Crippen LogP contribution in [0.15, 0.2) is 53.9 Å². The third-order valence-corrected chi connectivity index (χ3v) is 5.28. The van der Waals surface area contributed by atoms with Crippen molar-refractivity contribution in [2.45, 2.75) is 20.1 Å². The first kappa shape index (κ1) is 20.0. The molecule has 1 aromatic heterocycles. The summed E-state index contributed by atoms with van der Waals surface area (Å²) in [4.78, 5) is 16.6. The van der Waals surface area contributed by atoms with Gasteiger partial charge in [-0.25, -0.2) is 4.98 Å². The molecule has 2 aromatic carbocycles. The Morgan fingerprint density at radius 1 is 1.20 bits per heavy atom. The zero-order chi connectivity index (χ0) is 20.8. The van der Waals surface area contributed by atoms with Crippen molar-refractivity contribution in [2.75, 3.05) is 13.2 Å². The number of carbonyl (C=O) groups is 1. The molecule has 1 amide bonds. The molecule has 7 heteroatoms. The van der Waals surface area contributed by atoms with E-state index in [4.69, 9.17) is 14.2 Å². The number of carbonyl (C=O) groups excluding carboxylic acids is 1. The number of nitrogens with one attached hydrogen (secondary N) is 1. The molecule has 3 aromatic rings. The molecular weight excluding hydrogens is 400 g/mol. The van der Waals surface area contributed by atoms with E-state index in [2.05, 4.69) is 10.3 Å². The highest BCUT2D eigenvalue weighted by molar-refractivity contribution is 7.09. The number of aromatic nitrogens is 1. The van der Waals surface area contributed by atoms with E-state index >= 15 is 0 Å². The number of hydrogen-bond donors (Lipinski definition) is 1. The standard InChI is InChI=1S/C23H22N2O4S/c1-16-25-19(15-30-16)14-29-20-8-5-17(6-9-20)7-10-22(26)24-13-18-3-2-4-21-23(18)28-12-11-27-21/h2-10,15H,11-14H2,1H3,(H,24,26)/b10-7+. The van der Waals surface area contributed by atoms with Crippen LogP contribution >= 0.6 is 11.3 Å². The Balaban J connectivity index is 1.28. The predicted molar refractivity (Wildman–Crippen MR) is 116 cm³/mol. The summed E-state index contributed by atoms with van der Waals surface area (Å²) in [6.07, 6.45) is 3.28. The van der Waals surface area contributed by atoms with Crippen LogP contribution in [0.5, 0.6) is 17.2 Å². The zero-order valence-corrected chi connectivity index (χ0v) is 17.4. The fourth-order valence-corrected chi connectivity index (χ4v) is 3.59. The molecule has 0 saturated carbocycles. The van der Waals surface area contributed by atoms with E-state index in [0.29, 0.717) is 32.1 Å². The van der Waals surface area contributed by atoms with Crippen LogP contribution in [0, 0.1) is 6.92 Å². The van der Waals surface area contributed by atoms with Gasteiger partial charge in [0.25, 0.3) is 0 Å². The van der Waals surface area contributed by atoms with Gasteiger partial charge in [-0.3, -0.25) is 4.79 Å². The second kappa shape index (κ2) is 9.45. The van der Waals surface area contributed by atoms with Crippen LogP contribution in [0.25, 0.3) is 6.08 Å². The highest BCUT2D eigenvalue weighted by Gasteiger charge is 2.15. The molecule has 2 heterocycles. The number of hydrogen-bond acceptors (Lipinski definition) is 6. The van der Waals surface area contributed by atoms with E-state index in [1.165, 1.54) is 6.08 Å². The minimum absolute atomic E-state index is 0.177. The molecule has 1 N–H and O–H groups in total. The molecule has 30 heavy (non-hydrogen) atoms. The van der Waals surface area contributed by atoms with Gasteiger partial charge in [-0.05, 0) is 36.8 Å². The van der Waals surface area contributed by atoms with Gasteiger partial charge >= 0.3 is 0 Å². The molecule has 0 spiro atoms. The molecule has 154 valence electrons. The Kier molecular flexibility index (Phi) is 6.29. The monoisotopic (exact) mass is 422 g/mol. The van der Waals surface area contributed by atoms with E-state index in [1.807, 2.05) is 54.8 Å². The van der Waals surface area contributed by atoms with Crippen molar-refractivity contribution in [1.82, 2.24) is 10.3 Å². The fraction of sp³-hybridized carbons (Fsp3) is 0.217. The maximum absolute atomic E-state index is 12.2. The molecule has 0 unspecified atom stereocenters. The number of para-hydroxylation sites is 1. The number of amides is 1. The molecule has 6 nitrogen and oxygen atoms in total. The van der Waals surface area contributed by atoms with E-state index in [-0.39, 0.29) is 5.91 Å². The largest absolute Gasteiger partial charge is 0.487 e. The summed E-state index contributed by atoms with van der Waals surface area (Å²) in [5.74, 6) is 2.01. The second-order valence-electron chi connectivity index (χ2n) is 6.71. The first-order valence-corrected chi connectivity index (χ1v) is 10.5. The minimum Gasteiger partial charge on any atom is -0.487 e. The molecule has 1 aliphatic rings. The molecule has 0 atom stereocenters. The lowest BCUT2D eigenvalue weighted by Gasteiger charge is -2.20. The van der Waals surface area contributed by atoms with Crippen molar-refractivity contribution in [3.05, 3.63) is 75.7 Å². The molecule has 0 fully saturated rings. The number of thiazole rings is 1. The topological polar surface area (TPSA) is 69.7 Å². The van der Waals surface area contributed by atoms with Gasteiger partial charge in [0.05, 0.1) is 10.7 Å². The molecule has 0 aliphatic carbocycles. The average molecular weight is 423 g/mol. The normalized spacial score (nSPS) is 12.7. The van der Waals surface area contributed by atoms with Crippen molar-refractivity contribution in [3.8, 4) is 17.2 Å². The van der Waals surface area contributed by atoms with Gasteiger partial charge in [0.15, 0.2) is 11.5 Å². The number of rotatable bonds is 7. The Labute approximate surface area is 179 Å². The van der Waals surface area contributed by atoms with Gasteiger partial charge in [0.2, 0.25) is 5.91 Å². The highest BCUT2D eigenvalue weighted by atomic mass is 32.1. The number of fused-ring (bicyclic) bond motifs is 1. The number of ether oxygens (including phenoxy) is 3. The maximum Gasteiger partial charge on any atom is 0.244 e. The number of aryl methyl sites for hydroxylation is 1. The van der Waals surface area contributed by atoms with E-state index in [1.54, 1.807) is 17.4 Å². The molecule has 0 radical (unpaired) electrons. The molecule has 1 aliphatic heterocycles. The first-order valence-electron chi connectivity index (χ1n) is 9.64. The summed E-state index contributed by atoms with van der Waals surface area (Å²) in [6.45, 7) is 3.85. The summed E-state index contributed by atoms with van der Waals surface area (Å²) < 4.78 is 17.0. The summed E-state index contributed by atoms with van der Waals surface area (Å²) in [5, 5.41) is 5.90. The van der Waals surface area contributed by atoms with Crippen molar-refractivity contribution in [2.24, 2.45) is 0 Å². The van der Waals surface area contributed by atoms with Crippen LogP contribution < -0.4 is 19.5 Å². The van der Waals surface area contributed by atoms with Gasteiger partial charge in [-0.2, -0.15) is 0 Å². The molecular formula is C23H22N2O4S. The maximum atomic E-state index is 12.2. The summed E-state index contributed by atoms with van der Waals surface area (Å²) >= 11 is 1.61. The molecule has 0 bridgehead atoms. The van der Waals surface area contributed by atoms with Gasteiger partial charge in [0, 0.05) is 23.6 Å². The quantitative estimate of drug-likeness (QED) is 0.580. The van der Waals surface area contributed by atoms with Crippen LogP contribution in [-0.2, 0) is 17.9 Å². The lowest BCUT2D eigenvalue weighted by molar-refractivity contribution is -0.116. The van der Waals surface area contributed by atoms with E-state index in [0.717, 1.165) is 33.3 Å². The van der Waals surface area contributed by atoms with Crippen molar-refractivity contribution < 1.29 is 19.0 Å². The lowest BCUT2D eigenvalue weighted by Crippen LogP contribution is -2.22. The van der Waals surface area contributed by atoms with Gasteiger partial charge in [0.1, 0.15) is 25.6 Å².